The molecule has 1 aromatic rings. The Balaban J connectivity index is 2.37. The molecule has 0 radical (unpaired) electrons. The number of benzene rings is 1. The average Bonchev–Trinajstić information content (AvgIpc) is 2.88. The molecule has 1 aliphatic heterocycles. The fourth-order valence-corrected chi connectivity index (χ4v) is 6.04. The number of methoxy groups -OCH3 is 2. The summed E-state index contributed by atoms with van der Waals surface area (Å²) >= 11 is 0. The van der Waals surface area contributed by atoms with E-state index in [9.17, 15) is 4.79 Å². The van der Waals surface area contributed by atoms with Crippen LogP contribution in [0.5, 0.6) is 5.75 Å². The highest BCUT2D eigenvalue weighted by Crippen LogP contribution is 2.34. The Bertz CT molecular complexity index is 1010. The van der Waals surface area contributed by atoms with Crippen LogP contribution >= 0.6 is 0 Å². The number of carbonyl (C=O) groups is 1. The van der Waals surface area contributed by atoms with Gasteiger partial charge in [-0.2, -0.15) is 0 Å². The highest BCUT2D eigenvalue weighted by Gasteiger charge is 2.39. The largest absolute Gasteiger partial charge is 0.497 e. The Kier molecular flexibility index (Phi) is 13.8. The zero-order chi connectivity index (χ0) is 30.6. The van der Waals surface area contributed by atoms with Gasteiger partial charge in [-0.1, -0.05) is 44.2 Å². The minimum atomic E-state index is -2.01. The third-order valence-electron chi connectivity index (χ3n) is 6.70. The first kappa shape index (κ1) is 34.8. The second-order valence-electron chi connectivity index (χ2n) is 11.8. The second-order valence-corrected chi connectivity index (χ2v) is 16.3. The van der Waals surface area contributed by atoms with Gasteiger partial charge in [0.15, 0.2) is 8.32 Å². The van der Waals surface area contributed by atoms with Crippen molar-refractivity contribution < 1.29 is 37.6 Å². The van der Waals surface area contributed by atoms with E-state index in [1.165, 1.54) is 6.08 Å². The third-order valence-corrected chi connectivity index (χ3v) is 7.71. The Hall–Kier alpha value is -2.43. The summed E-state index contributed by atoms with van der Waals surface area (Å²) in [4.78, 5) is 12.3. The fraction of sp³-hybridized carbons (Fsp3) is 0.594. The van der Waals surface area contributed by atoms with E-state index in [-0.39, 0.29) is 30.1 Å². The van der Waals surface area contributed by atoms with Gasteiger partial charge in [-0.05, 0) is 37.3 Å². The van der Waals surface area contributed by atoms with Crippen molar-refractivity contribution in [2.45, 2.75) is 84.5 Å². The predicted molar refractivity (Wildman–Crippen MR) is 163 cm³/mol. The predicted octanol–water partition coefficient (Wildman–Crippen LogP) is 6.43. The fourth-order valence-electron chi connectivity index (χ4n) is 4.83. The molecule has 5 atom stereocenters. The Labute approximate surface area is 247 Å². The summed E-state index contributed by atoms with van der Waals surface area (Å²) in [5.41, 5.74) is 1.03. The van der Waals surface area contributed by atoms with Gasteiger partial charge >= 0.3 is 5.97 Å². The van der Waals surface area contributed by atoms with Crippen molar-refractivity contribution in [3.63, 3.8) is 0 Å². The van der Waals surface area contributed by atoms with Gasteiger partial charge in [0, 0.05) is 39.2 Å². The average molecular weight is 591 g/mol. The number of rotatable bonds is 18. The van der Waals surface area contributed by atoms with Crippen LogP contribution in [0.1, 0.15) is 39.7 Å². The normalized spacial score (nSPS) is 19.0. The van der Waals surface area contributed by atoms with Gasteiger partial charge in [-0.15, -0.1) is 6.58 Å². The van der Waals surface area contributed by atoms with Crippen LogP contribution in [0.3, 0.4) is 0 Å². The van der Waals surface area contributed by atoms with Gasteiger partial charge in [-0.25, -0.2) is 4.79 Å². The van der Waals surface area contributed by atoms with Crippen LogP contribution in [0.25, 0.3) is 0 Å². The lowest BCUT2D eigenvalue weighted by atomic mass is 9.84. The molecule has 0 aliphatic carbocycles. The van der Waals surface area contributed by atoms with Crippen molar-refractivity contribution in [1.29, 1.82) is 0 Å². The first-order valence-corrected chi connectivity index (χ1v) is 17.6. The van der Waals surface area contributed by atoms with Crippen molar-refractivity contribution in [3.8, 4) is 5.75 Å². The number of hydrogen-bond donors (Lipinski definition) is 0. The van der Waals surface area contributed by atoms with Crippen LogP contribution in [0.2, 0.25) is 19.6 Å². The minimum absolute atomic E-state index is 0.0423. The van der Waals surface area contributed by atoms with E-state index >= 15 is 0 Å². The van der Waals surface area contributed by atoms with Gasteiger partial charge in [0.05, 0.1) is 51.3 Å². The van der Waals surface area contributed by atoms with E-state index < -0.39 is 20.1 Å². The number of cyclic esters (lactones) is 1. The maximum Gasteiger partial charge on any atom is 0.337 e. The number of esters is 1. The first-order chi connectivity index (χ1) is 19.3. The van der Waals surface area contributed by atoms with E-state index in [1.807, 2.05) is 36.4 Å². The maximum absolute atomic E-state index is 12.3. The molecule has 230 valence electrons. The summed E-state index contributed by atoms with van der Waals surface area (Å²) in [6, 6.07) is 7.85. The molecule has 1 heterocycles. The standard InChI is InChI=1S/C32H50O8Si/c1-11-18-36-19-12-13-28(35-7)23(2)31(37-22-25-14-16-26(34-6)17-15-25)24(3)29(40-41(8,9)10)20-27-21-30(33)39-32(4,5)38-27/h11-17,21,23-24,28-29,31H,1,18-20,22H2,2-10H3/b13-12+/t23-,24-,28-,29+,31+/m1/s1. The molecule has 0 amide bonds. The van der Waals surface area contributed by atoms with E-state index in [0.717, 1.165) is 11.3 Å². The van der Waals surface area contributed by atoms with Crippen LogP contribution in [0.4, 0.5) is 0 Å². The number of ether oxygens (including phenoxy) is 6. The first-order valence-electron chi connectivity index (χ1n) is 14.2. The Morgan fingerprint density at radius 2 is 1.71 bits per heavy atom. The summed E-state index contributed by atoms with van der Waals surface area (Å²) in [5, 5.41) is 0. The van der Waals surface area contributed by atoms with E-state index in [4.69, 9.17) is 32.8 Å². The number of carbonyl (C=O) groups excluding carboxylic acids is 1. The molecule has 0 unspecified atom stereocenters. The number of hydrogen-bond acceptors (Lipinski definition) is 8. The van der Waals surface area contributed by atoms with Gasteiger partial charge in [0.2, 0.25) is 5.79 Å². The lowest BCUT2D eigenvalue weighted by molar-refractivity contribution is -0.207. The maximum atomic E-state index is 12.3. The van der Waals surface area contributed by atoms with Crippen molar-refractivity contribution in [3.05, 3.63) is 66.5 Å². The SMILES string of the molecule is C=CCOC/C=C/[C@@H](OC)[C@@H](C)[C@H](OCc1ccc(OC)cc1)[C@H](C)[C@H](CC1=CC(=O)OC(C)(C)O1)O[Si](C)(C)C. The summed E-state index contributed by atoms with van der Waals surface area (Å²) in [6.45, 7) is 19.2. The molecule has 0 saturated carbocycles. The second kappa shape index (κ2) is 16.3. The third kappa shape index (κ3) is 12.1. The molecule has 8 nitrogen and oxygen atoms in total. The summed E-state index contributed by atoms with van der Waals surface area (Å²) in [7, 11) is 1.34. The van der Waals surface area contributed by atoms with Crippen LogP contribution in [-0.2, 0) is 39.5 Å². The lowest BCUT2D eigenvalue weighted by Crippen LogP contribution is -2.46. The lowest BCUT2D eigenvalue weighted by Gasteiger charge is -2.40. The van der Waals surface area contributed by atoms with E-state index in [1.54, 1.807) is 34.1 Å². The smallest absolute Gasteiger partial charge is 0.337 e. The zero-order valence-electron chi connectivity index (χ0n) is 26.3. The van der Waals surface area contributed by atoms with Crippen molar-refractivity contribution in [2.75, 3.05) is 27.4 Å². The topological polar surface area (TPSA) is 81.7 Å². The molecule has 0 fully saturated rings. The molecule has 0 saturated heterocycles. The summed E-state index contributed by atoms with van der Waals surface area (Å²) in [6.07, 6.45) is 6.79. The molecular formula is C32H50O8Si. The molecule has 1 aliphatic rings. The van der Waals surface area contributed by atoms with E-state index in [2.05, 4.69) is 40.1 Å². The Morgan fingerprint density at radius 1 is 1.02 bits per heavy atom. The monoisotopic (exact) mass is 590 g/mol. The molecule has 41 heavy (non-hydrogen) atoms. The zero-order valence-corrected chi connectivity index (χ0v) is 27.3. The van der Waals surface area contributed by atoms with Crippen LogP contribution < -0.4 is 4.74 Å². The molecule has 9 heteroatoms. The molecule has 0 N–H and O–H groups in total. The highest BCUT2D eigenvalue weighted by molar-refractivity contribution is 6.69. The van der Waals surface area contributed by atoms with Crippen molar-refractivity contribution in [2.24, 2.45) is 11.8 Å². The van der Waals surface area contributed by atoms with Gasteiger partial charge < -0.3 is 32.8 Å². The molecular weight excluding hydrogens is 540 g/mol. The Morgan fingerprint density at radius 3 is 2.27 bits per heavy atom. The van der Waals surface area contributed by atoms with Gasteiger partial charge in [0.25, 0.3) is 0 Å². The highest BCUT2D eigenvalue weighted by atomic mass is 28.4. The van der Waals surface area contributed by atoms with Crippen LogP contribution in [0, 0.1) is 11.8 Å². The van der Waals surface area contributed by atoms with Crippen molar-refractivity contribution >= 4 is 14.3 Å². The molecule has 1 aromatic carbocycles. The van der Waals surface area contributed by atoms with Gasteiger partial charge in [0.1, 0.15) is 11.5 Å². The van der Waals surface area contributed by atoms with E-state index in [0.29, 0.717) is 32.0 Å². The van der Waals surface area contributed by atoms with Crippen LogP contribution in [0.15, 0.2) is 60.9 Å². The van der Waals surface area contributed by atoms with Gasteiger partial charge in [-0.3, -0.25) is 0 Å². The molecule has 2 rings (SSSR count). The minimum Gasteiger partial charge on any atom is -0.497 e. The summed E-state index contributed by atoms with van der Waals surface area (Å²) in [5.74, 6) is -0.236. The molecule has 0 aromatic heterocycles. The van der Waals surface area contributed by atoms with Crippen molar-refractivity contribution in [1.82, 2.24) is 0 Å². The molecule has 0 spiro atoms. The quantitative estimate of drug-likeness (QED) is 0.0838. The van der Waals surface area contributed by atoms with Crippen LogP contribution in [-0.4, -0.2) is 65.8 Å². The molecule has 0 bridgehead atoms. The summed E-state index contributed by atoms with van der Waals surface area (Å²) < 4.78 is 41.5.